The Hall–Kier alpha value is -0.650. The van der Waals surface area contributed by atoms with E-state index in [4.69, 9.17) is 4.74 Å². The van der Waals surface area contributed by atoms with E-state index in [9.17, 15) is 9.90 Å². The van der Waals surface area contributed by atoms with Crippen LogP contribution in [0.5, 0.6) is 0 Å². The minimum atomic E-state index is -0.820. The summed E-state index contributed by atoms with van der Waals surface area (Å²) in [5, 5.41) is 15.3. The monoisotopic (exact) mass is 198 g/mol. The van der Waals surface area contributed by atoms with Crippen LogP contribution in [0.4, 0.5) is 0 Å². The maximum Gasteiger partial charge on any atom is 0.229 e. The van der Waals surface area contributed by atoms with Gasteiger partial charge >= 0.3 is 0 Å². The topological polar surface area (TPSA) is 70.6 Å². The second-order valence-electron chi connectivity index (χ2n) is 4.24. The third-order valence-electron chi connectivity index (χ3n) is 3.42. The van der Waals surface area contributed by atoms with Gasteiger partial charge in [-0.2, -0.15) is 0 Å². The highest BCUT2D eigenvalue weighted by Crippen LogP contribution is 2.36. The number of rotatable bonds is 0. The lowest BCUT2D eigenvalue weighted by molar-refractivity contribution is -0.123. The molecule has 3 fully saturated rings. The number of piperidine rings is 1. The molecule has 0 aromatic rings. The largest absolute Gasteiger partial charge is 0.371 e. The number of aliphatic hydroxyl groups is 1. The van der Waals surface area contributed by atoms with E-state index in [1.54, 1.807) is 0 Å². The molecule has 5 heteroatoms. The molecule has 3 saturated heterocycles. The van der Waals surface area contributed by atoms with Crippen LogP contribution in [-0.4, -0.2) is 42.0 Å². The number of hydrogen-bond acceptors (Lipinski definition) is 4. The number of hydrogen-bond donors (Lipinski definition) is 3. The van der Waals surface area contributed by atoms with Crippen molar-refractivity contribution in [2.45, 2.75) is 37.3 Å². The summed E-state index contributed by atoms with van der Waals surface area (Å²) in [6.07, 6.45) is 1.02. The summed E-state index contributed by atoms with van der Waals surface area (Å²) in [5.74, 6) is -0.278. The van der Waals surface area contributed by atoms with Crippen LogP contribution in [0.1, 0.15) is 12.8 Å². The Morgan fingerprint density at radius 1 is 1.50 bits per heavy atom. The Kier molecular flexibility index (Phi) is 1.80. The van der Waals surface area contributed by atoms with E-state index in [1.807, 2.05) is 0 Å². The van der Waals surface area contributed by atoms with Gasteiger partial charge in [0.1, 0.15) is 6.10 Å². The van der Waals surface area contributed by atoms with Crippen molar-refractivity contribution in [3.8, 4) is 0 Å². The zero-order chi connectivity index (χ0) is 9.71. The summed E-state index contributed by atoms with van der Waals surface area (Å²) in [6, 6.07) is 0.103. The fourth-order valence-electron chi connectivity index (χ4n) is 2.79. The first-order chi connectivity index (χ1) is 6.77. The number of fused-ring (bicyclic) bond motifs is 3. The zero-order valence-electron chi connectivity index (χ0n) is 7.77. The van der Waals surface area contributed by atoms with Gasteiger partial charge in [0.2, 0.25) is 5.91 Å². The van der Waals surface area contributed by atoms with Crippen LogP contribution in [0.15, 0.2) is 0 Å². The molecule has 0 aromatic carbocycles. The molecule has 0 bridgehead atoms. The van der Waals surface area contributed by atoms with E-state index in [-0.39, 0.29) is 30.1 Å². The zero-order valence-corrected chi connectivity index (χ0v) is 7.77. The summed E-state index contributed by atoms with van der Waals surface area (Å²) < 4.78 is 5.68. The third kappa shape index (κ3) is 1.03. The molecule has 3 aliphatic rings. The van der Waals surface area contributed by atoms with Crippen molar-refractivity contribution in [2.24, 2.45) is 5.92 Å². The van der Waals surface area contributed by atoms with Crippen molar-refractivity contribution >= 4 is 5.91 Å². The number of nitrogens with one attached hydrogen (secondary N) is 2. The lowest BCUT2D eigenvalue weighted by Crippen LogP contribution is -2.48. The molecule has 3 aliphatic heterocycles. The van der Waals surface area contributed by atoms with Gasteiger partial charge in [0.25, 0.3) is 0 Å². The fraction of sp³-hybridized carbons (Fsp3) is 0.889. The molecule has 0 aromatic heterocycles. The molecule has 0 saturated carbocycles. The lowest BCUT2D eigenvalue weighted by atomic mass is 9.91. The molecule has 0 radical (unpaired) electrons. The Morgan fingerprint density at radius 3 is 3.21 bits per heavy atom. The first-order valence-corrected chi connectivity index (χ1v) is 5.14. The van der Waals surface area contributed by atoms with Crippen molar-refractivity contribution < 1.29 is 14.6 Å². The van der Waals surface area contributed by atoms with E-state index in [1.165, 1.54) is 0 Å². The Labute approximate surface area is 81.8 Å². The molecule has 14 heavy (non-hydrogen) atoms. The van der Waals surface area contributed by atoms with E-state index >= 15 is 0 Å². The highest BCUT2D eigenvalue weighted by atomic mass is 16.5. The van der Waals surface area contributed by atoms with Gasteiger partial charge in [-0.15, -0.1) is 0 Å². The molecule has 5 unspecified atom stereocenters. The predicted molar refractivity (Wildman–Crippen MR) is 47.3 cm³/mol. The highest BCUT2D eigenvalue weighted by Gasteiger charge is 2.55. The smallest absolute Gasteiger partial charge is 0.229 e. The molecule has 0 spiro atoms. The Balaban J connectivity index is 1.87. The molecule has 5 atom stereocenters. The highest BCUT2D eigenvalue weighted by molar-refractivity contribution is 5.83. The van der Waals surface area contributed by atoms with Gasteiger partial charge in [-0.3, -0.25) is 4.79 Å². The van der Waals surface area contributed by atoms with Crippen molar-refractivity contribution in [3.63, 3.8) is 0 Å². The molecular formula is C9H14N2O3. The van der Waals surface area contributed by atoms with Crippen molar-refractivity contribution in [1.82, 2.24) is 10.6 Å². The summed E-state index contributed by atoms with van der Waals surface area (Å²) >= 11 is 0. The van der Waals surface area contributed by atoms with E-state index < -0.39 is 6.23 Å². The molecule has 3 rings (SSSR count). The molecular weight excluding hydrogens is 184 g/mol. The van der Waals surface area contributed by atoms with Crippen LogP contribution in [0, 0.1) is 5.92 Å². The predicted octanol–water partition coefficient (Wildman–Crippen LogP) is -1.43. The first kappa shape index (κ1) is 8.64. The summed E-state index contributed by atoms with van der Waals surface area (Å²) in [4.78, 5) is 11.5. The van der Waals surface area contributed by atoms with Crippen LogP contribution in [0.3, 0.4) is 0 Å². The van der Waals surface area contributed by atoms with Gasteiger partial charge in [-0.25, -0.2) is 0 Å². The van der Waals surface area contributed by atoms with E-state index in [0.29, 0.717) is 0 Å². The van der Waals surface area contributed by atoms with Crippen LogP contribution < -0.4 is 10.6 Å². The van der Waals surface area contributed by atoms with Crippen molar-refractivity contribution in [2.75, 3.05) is 6.54 Å². The number of carbonyl (C=O) groups excluding carboxylic acids is 1. The van der Waals surface area contributed by atoms with Crippen molar-refractivity contribution in [3.05, 3.63) is 0 Å². The average Bonchev–Trinajstić information content (AvgIpc) is 2.66. The Morgan fingerprint density at radius 2 is 2.36 bits per heavy atom. The third-order valence-corrected chi connectivity index (χ3v) is 3.42. The maximum atomic E-state index is 11.5. The van der Waals surface area contributed by atoms with Gasteiger partial charge in [0.05, 0.1) is 12.0 Å². The fourth-order valence-corrected chi connectivity index (χ4v) is 2.79. The first-order valence-electron chi connectivity index (χ1n) is 5.14. The SMILES string of the molecule is O=C1NC(O)C2OC3CCCNC3C12. The summed E-state index contributed by atoms with van der Waals surface area (Å²) in [5.41, 5.74) is 0. The molecule has 5 nitrogen and oxygen atoms in total. The average molecular weight is 198 g/mol. The number of ether oxygens (including phenoxy) is 1. The van der Waals surface area contributed by atoms with Crippen LogP contribution >= 0.6 is 0 Å². The molecule has 3 N–H and O–H groups in total. The van der Waals surface area contributed by atoms with E-state index in [2.05, 4.69) is 10.6 Å². The quantitative estimate of drug-likeness (QED) is 0.446. The van der Waals surface area contributed by atoms with Crippen molar-refractivity contribution in [1.29, 1.82) is 0 Å². The summed E-state index contributed by atoms with van der Waals surface area (Å²) in [7, 11) is 0. The van der Waals surface area contributed by atoms with Crippen LogP contribution in [0.25, 0.3) is 0 Å². The van der Waals surface area contributed by atoms with Gasteiger partial charge in [-0.05, 0) is 19.4 Å². The number of carbonyl (C=O) groups is 1. The summed E-state index contributed by atoms with van der Waals surface area (Å²) in [6.45, 7) is 0.942. The number of aliphatic hydroxyl groups excluding tert-OH is 1. The normalized spacial score (nSPS) is 51.2. The van der Waals surface area contributed by atoms with Gasteiger partial charge in [0, 0.05) is 6.04 Å². The number of amides is 1. The Bertz CT molecular complexity index is 271. The second-order valence-corrected chi connectivity index (χ2v) is 4.24. The van der Waals surface area contributed by atoms with Crippen LogP contribution in [0.2, 0.25) is 0 Å². The lowest BCUT2D eigenvalue weighted by Gasteiger charge is -2.27. The molecule has 78 valence electrons. The van der Waals surface area contributed by atoms with E-state index in [0.717, 1.165) is 19.4 Å². The minimum absolute atomic E-state index is 0.0793. The van der Waals surface area contributed by atoms with Gasteiger partial charge in [0.15, 0.2) is 6.23 Å². The molecule has 0 aliphatic carbocycles. The van der Waals surface area contributed by atoms with Gasteiger partial charge in [-0.1, -0.05) is 0 Å². The molecule has 3 heterocycles. The maximum absolute atomic E-state index is 11.5. The standard InChI is InChI=1S/C9H14N2O3/c12-8-5-6-4(2-1-3-10-6)14-7(5)9(13)11-8/h4-7,9-10,13H,1-3H2,(H,11,12). The van der Waals surface area contributed by atoms with Crippen LogP contribution in [-0.2, 0) is 9.53 Å². The van der Waals surface area contributed by atoms with Gasteiger partial charge < -0.3 is 20.5 Å². The molecule has 1 amide bonds. The second kappa shape index (κ2) is 2.92. The minimum Gasteiger partial charge on any atom is -0.371 e.